The van der Waals surface area contributed by atoms with Crippen LogP contribution in [0.4, 0.5) is 0 Å². The van der Waals surface area contributed by atoms with Crippen molar-refractivity contribution >= 4 is 5.91 Å². The number of carbonyl (C=O) groups is 1. The molecule has 0 fully saturated rings. The van der Waals surface area contributed by atoms with Crippen LogP contribution in [0.5, 0.6) is 0 Å². The van der Waals surface area contributed by atoms with E-state index in [1.54, 1.807) is 0 Å². The fraction of sp³-hybridized carbons (Fsp3) is 0.917. The summed E-state index contributed by atoms with van der Waals surface area (Å²) in [5.74, 6) is 0.609. The number of hydrogen-bond acceptors (Lipinski definition) is 2. The maximum absolute atomic E-state index is 11.7. The molecule has 0 aromatic carbocycles. The van der Waals surface area contributed by atoms with Crippen LogP contribution < -0.4 is 11.1 Å². The molecule has 0 rings (SSSR count). The van der Waals surface area contributed by atoms with E-state index in [2.05, 4.69) is 33.0 Å². The van der Waals surface area contributed by atoms with Gasteiger partial charge in [-0.2, -0.15) is 0 Å². The van der Waals surface area contributed by atoms with E-state index in [0.29, 0.717) is 12.5 Å². The number of nitrogens with two attached hydrogens (primary N) is 1. The Morgan fingerprint density at radius 2 is 1.93 bits per heavy atom. The highest BCUT2D eigenvalue weighted by Crippen LogP contribution is 2.24. The van der Waals surface area contributed by atoms with E-state index in [4.69, 9.17) is 5.73 Å². The van der Waals surface area contributed by atoms with Crippen molar-refractivity contribution in [3.05, 3.63) is 0 Å². The maximum Gasteiger partial charge on any atom is 0.224 e. The fourth-order valence-corrected chi connectivity index (χ4v) is 1.12. The molecule has 3 nitrogen and oxygen atoms in total. The summed E-state index contributed by atoms with van der Waals surface area (Å²) in [6, 6.07) is 0. The first kappa shape index (κ1) is 14.4. The van der Waals surface area contributed by atoms with Crippen molar-refractivity contribution in [3.63, 3.8) is 0 Å². The Hall–Kier alpha value is -0.570. The molecule has 0 aliphatic heterocycles. The summed E-state index contributed by atoms with van der Waals surface area (Å²) in [7, 11) is 0. The molecule has 0 aliphatic rings. The molecule has 1 unspecified atom stereocenters. The number of amides is 1. The average molecular weight is 214 g/mol. The van der Waals surface area contributed by atoms with E-state index in [-0.39, 0.29) is 17.2 Å². The van der Waals surface area contributed by atoms with Crippen LogP contribution in [0.25, 0.3) is 0 Å². The zero-order valence-corrected chi connectivity index (χ0v) is 10.8. The van der Waals surface area contributed by atoms with Crippen molar-refractivity contribution in [2.45, 2.75) is 41.0 Å². The van der Waals surface area contributed by atoms with Gasteiger partial charge in [0, 0.05) is 19.0 Å². The largest absolute Gasteiger partial charge is 0.355 e. The molecule has 1 atom stereocenters. The number of hydrogen-bond donors (Lipinski definition) is 2. The highest BCUT2D eigenvalue weighted by molar-refractivity contribution is 5.78. The second-order valence-electron chi connectivity index (χ2n) is 5.20. The van der Waals surface area contributed by atoms with Crippen LogP contribution in [0.1, 0.15) is 41.0 Å². The van der Waals surface area contributed by atoms with Gasteiger partial charge in [-0.1, -0.05) is 34.6 Å². The van der Waals surface area contributed by atoms with Crippen LogP contribution in [-0.2, 0) is 4.79 Å². The summed E-state index contributed by atoms with van der Waals surface area (Å²) >= 11 is 0. The van der Waals surface area contributed by atoms with Crippen LogP contribution in [0.2, 0.25) is 0 Å². The summed E-state index contributed by atoms with van der Waals surface area (Å²) in [4.78, 5) is 11.7. The third kappa shape index (κ3) is 4.65. The molecular formula is C12H26N2O. The topological polar surface area (TPSA) is 55.1 Å². The zero-order chi connectivity index (χ0) is 12.1. The van der Waals surface area contributed by atoms with Gasteiger partial charge in [0.15, 0.2) is 0 Å². The second-order valence-corrected chi connectivity index (χ2v) is 5.20. The van der Waals surface area contributed by atoms with Crippen molar-refractivity contribution < 1.29 is 4.79 Å². The minimum absolute atomic E-state index is 0.0343. The Morgan fingerprint density at radius 3 is 2.27 bits per heavy atom. The van der Waals surface area contributed by atoms with Crippen molar-refractivity contribution in [2.24, 2.45) is 23.0 Å². The molecule has 0 aromatic heterocycles. The average Bonchev–Trinajstić information content (AvgIpc) is 2.16. The van der Waals surface area contributed by atoms with Gasteiger partial charge in [-0.25, -0.2) is 0 Å². The minimum Gasteiger partial charge on any atom is -0.355 e. The Morgan fingerprint density at radius 1 is 1.40 bits per heavy atom. The summed E-state index contributed by atoms with van der Waals surface area (Å²) < 4.78 is 0. The lowest BCUT2D eigenvalue weighted by molar-refractivity contribution is -0.125. The Kier molecular flexibility index (Phi) is 5.88. The van der Waals surface area contributed by atoms with Crippen molar-refractivity contribution in [1.82, 2.24) is 5.32 Å². The smallest absolute Gasteiger partial charge is 0.224 e. The maximum atomic E-state index is 11.7. The van der Waals surface area contributed by atoms with E-state index >= 15 is 0 Å². The normalized spacial score (nSPS) is 14.1. The number of rotatable bonds is 6. The predicted octanol–water partition coefficient (Wildman–Crippen LogP) is 1.77. The van der Waals surface area contributed by atoms with Gasteiger partial charge in [0.05, 0.1) is 0 Å². The number of carbonyl (C=O) groups excluding carboxylic acids is 1. The van der Waals surface area contributed by atoms with Gasteiger partial charge in [0.2, 0.25) is 5.91 Å². The van der Waals surface area contributed by atoms with E-state index in [1.807, 2.05) is 6.92 Å². The lowest BCUT2D eigenvalue weighted by atomic mass is 9.81. The molecule has 0 aliphatic carbocycles. The van der Waals surface area contributed by atoms with Gasteiger partial charge < -0.3 is 11.1 Å². The van der Waals surface area contributed by atoms with E-state index < -0.39 is 0 Å². The van der Waals surface area contributed by atoms with Gasteiger partial charge in [0.1, 0.15) is 0 Å². The molecule has 15 heavy (non-hydrogen) atoms. The lowest BCUT2D eigenvalue weighted by Crippen LogP contribution is -2.41. The van der Waals surface area contributed by atoms with Crippen LogP contribution in [0, 0.1) is 17.3 Å². The highest BCUT2D eigenvalue weighted by atomic mass is 16.1. The summed E-state index contributed by atoms with van der Waals surface area (Å²) in [5.41, 5.74) is 5.66. The molecule has 1 amide bonds. The summed E-state index contributed by atoms with van der Waals surface area (Å²) in [5, 5.41) is 2.99. The van der Waals surface area contributed by atoms with E-state index in [0.717, 1.165) is 13.0 Å². The standard InChI is InChI=1S/C12H26N2O/c1-6-10(7-13)11(15)14-8-12(4,5)9(2)3/h9-10H,6-8,13H2,1-5H3,(H,14,15). The molecule has 0 bridgehead atoms. The van der Waals surface area contributed by atoms with Gasteiger partial charge in [-0.15, -0.1) is 0 Å². The van der Waals surface area contributed by atoms with Crippen molar-refractivity contribution in [1.29, 1.82) is 0 Å². The second kappa shape index (κ2) is 6.11. The molecule has 90 valence electrons. The van der Waals surface area contributed by atoms with E-state index in [9.17, 15) is 4.79 Å². The monoisotopic (exact) mass is 214 g/mol. The molecular weight excluding hydrogens is 188 g/mol. The summed E-state index contributed by atoms with van der Waals surface area (Å²) in [6.07, 6.45) is 0.810. The number of nitrogens with one attached hydrogen (secondary N) is 1. The first-order chi connectivity index (χ1) is 6.85. The quantitative estimate of drug-likeness (QED) is 0.708. The van der Waals surface area contributed by atoms with Crippen LogP contribution >= 0.6 is 0 Å². The van der Waals surface area contributed by atoms with Gasteiger partial charge in [-0.05, 0) is 17.8 Å². The first-order valence-corrected chi connectivity index (χ1v) is 5.83. The van der Waals surface area contributed by atoms with Crippen molar-refractivity contribution in [2.75, 3.05) is 13.1 Å². The molecule has 0 spiro atoms. The third-order valence-electron chi connectivity index (χ3n) is 3.43. The molecule has 0 saturated carbocycles. The lowest BCUT2D eigenvalue weighted by Gasteiger charge is -2.30. The highest BCUT2D eigenvalue weighted by Gasteiger charge is 2.24. The first-order valence-electron chi connectivity index (χ1n) is 5.83. The Labute approximate surface area is 93.8 Å². The van der Waals surface area contributed by atoms with Crippen LogP contribution in [-0.4, -0.2) is 19.0 Å². The minimum atomic E-state index is -0.0343. The van der Waals surface area contributed by atoms with Crippen molar-refractivity contribution in [3.8, 4) is 0 Å². The molecule has 0 aromatic rings. The van der Waals surface area contributed by atoms with Gasteiger partial charge in [0.25, 0.3) is 0 Å². The zero-order valence-electron chi connectivity index (χ0n) is 10.8. The van der Waals surface area contributed by atoms with Gasteiger partial charge in [-0.3, -0.25) is 4.79 Å². The third-order valence-corrected chi connectivity index (χ3v) is 3.43. The van der Waals surface area contributed by atoms with Crippen LogP contribution in [0.3, 0.4) is 0 Å². The predicted molar refractivity (Wildman–Crippen MR) is 64.5 cm³/mol. The SMILES string of the molecule is CCC(CN)C(=O)NCC(C)(C)C(C)C. The molecule has 0 saturated heterocycles. The molecule has 0 radical (unpaired) electrons. The fourth-order valence-electron chi connectivity index (χ4n) is 1.12. The molecule has 0 heterocycles. The van der Waals surface area contributed by atoms with E-state index in [1.165, 1.54) is 0 Å². The molecule has 3 N–H and O–H groups in total. The molecule has 3 heteroatoms. The Balaban J connectivity index is 4.10. The van der Waals surface area contributed by atoms with Gasteiger partial charge >= 0.3 is 0 Å². The summed E-state index contributed by atoms with van der Waals surface area (Å²) in [6.45, 7) is 11.8. The van der Waals surface area contributed by atoms with Crippen LogP contribution in [0.15, 0.2) is 0 Å². The Bertz CT molecular complexity index is 196.